The maximum absolute atomic E-state index is 11.3. The Hall–Kier alpha value is -1.26. The molecule has 0 heterocycles. The van der Waals surface area contributed by atoms with Crippen molar-refractivity contribution in [1.82, 2.24) is 0 Å². The van der Waals surface area contributed by atoms with Gasteiger partial charge in [0.25, 0.3) is 0 Å². The Labute approximate surface area is 88.1 Å². The first-order valence-corrected chi connectivity index (χ1v) is 5.05. The summed E-state index contributed by atoms with van der Waals surface area (Å²) in [7, 11) is 0. The van der Waals surface area contributed by atoms with Gasteiger partial charge in [0.05, 0.1) is 5.88 Å². The minimum absolute atomic E-state index is 0.247. The van der Waals surface area contributed by atoms with Gasteiger partial charge in [-0.2, -0.15) is 0 Å². The van der Waals surface area contributed by atoms with Crippen LogP contribution in [0.1, 0.15) is 27.9 Å². The largest absolute Gasteiger partial charge is 0.294 e. The third-order valence-corrected chi connectivity index (χ3v) is 2.46. The molecule has 0 aromatic heterocycles. The summed E-state index contributed by atoms with van der Waals surface area (Å²) < 4.78 is 0. The molecule has 0 saturated carbocycles. The van der Waals surface area contributed by atoms with Crippen molar-refractivity contribution in [3.8, 4) is 11.8 Å². The van der Waals surface area contributed by atoms with Crippen LogP contribution >= 0.6 is 11.6 Å². The molecule has 0 spiro atoms. The van der Waals surface area contributed by atoms with E-state index < -0.39 is 0 Å². The van der Waals surface area contributed by atoms with Crippen LogP contribution in [0.5, 0.6) is 0 Å². The van der Waals surface area contributed by atoms with Crippen molar-refractivity contribution in [2.24, 2.45) is 0 Å². The first-order chi connectivity index (χ1) is 6.81. The lowest BCUT2D eigenvalue weighted by molar-refractivity contribution is 0.0994. The molecule has 0 radical (unpaired) electrons. The number of Topliss-reactive ketones (excluding diaryl/α,β-unsaturated/α-hetero) is 1. The van der Waals surface area contributed by atoms with Crippen molar-refractivity contribution < 1.29 is 4.79 Å². The molecule has 0 bridgehead atoms. The van der Waals surface area contributed by atoms with Crippen molar-refractivity contribution in [3.63, 3.8) is 0 Å². The summed E-state index contributed by atoms with van der Waals surface area (Å²) in [6.45, 7) is 0. The molecular weight excluding hydrogens is 196 g/mol. The lowest BCUT2D eigenvalue weighted by Gasteiger charge is -1.97. The summed E-state index contributed by atoms with van der Waals surface area (Å²) in [6.07, 6.45) is 1.49. The van der Waals surface area contributed by atoms with Crippen molar-refractivity contribution in [2.45, 2.75) is 12.8 Å². The molecule has 2 heteroatoms. The van der Waals surface area contributed by atoms with Gasteiger partial charge in [-0.15, -0.1) is 11.6 Å². The summed E-state index contributed by atoms with van der Waals surface area (Å²) >= 11 is 5.46. The summed E-state index contributed by atoms with van der Waals surface area (Å²) in [4.78, 5) is 11.3. The van der Waals surface area contributed by atoms with Crippen LogP contribution in [-0.2, 0) is 6.42 Å². The van der Waals surface area contributed by atoms with Gasteiger partial charge in [0.15, 0.2) is 5.78 Å². The maximum Gasteiger partial charge on any atom is 0.163 e. The van der Waals surface area contributed by atoms with E-state index in [0.29, 0.717) is 12.3 Å². The van der Waals surface area contributed by atoms with Gasteiger partial charge >= 0.3 is 0 Å². The molecule has 2 rings (SSSR count). The molecule has 70 valence electrons. The van der Waals surface area contributed by atoms with Crippen LogP contribution in [-0.4, -0.2) is 11.7 Å². The van der Waals surface area contributed by atoms with E-state index in [1.807, 2.05) is 18.2 Å². The predicted molar refractivity (Wildman–Crippen MR) is 56.7 cm³/mol. The zero-order valence-corrected chi connectivity index (χ0v) is 8.40. The Morgan fingerprint density at radius 2 is 2.21 bits per heavy atom. The molecule has 1 nitrogen and oxygen atoms in total. The SMILES string of the molecule is O=C1CCc2cc(C#CCCl)ccc21. The van der Waals surface area contributed by atoms with Crippen molar-refractivity contribution in [2.75, 3.05) is 5.88 Å². The first-order valence-electron chi connectivity index (χ1n) is 4.52. The zero-order chi connectivity index (χ0) is 9.97. The minimum Gasteiger partial charge on any atom is -0.294 e. The van der Waals surface area contributed by atoms with E-state index in [-0.39, 0.29) is 5.78 Å². The third kappa shape index (κ3) is 1.66. The average molecular weight is 205 g/mol. The van der Waals surface area contributed by atoms with Crippen LogP contribution in [0.3, 0.4) is 0 Å². The van der Waals surface area contributed by atoms with E-state index in [2.05, 4.69) is 11.8 Å². The van der Waals surface area contributed by atoms with Gasteiger partial charge < -0.3 is 0 Å². The fraction of sp³-hybridized carbons (Fsp3) is 0.250. The fourth-order valence-electron chi connectivity index (χ4n) is 1.67. The highest BCUT2D eigenvalue weighted by Gasteiger charge is 2.18. The Morgan fingerprint density at radius 1 is 1.36 bits per heavy atom. The average Bonchev–Trinajstić information content (AvgIpc) is 2.57. The van der Waals surface area contributed by atoms with Crippen LogP contribution in [0.2, 0.25) is 0 Å². The highest BCUT2D eigenvalue weighted by molar-refractivity contribution is 6.19. The second-order valence-electron chi connectivity index (χ2n) is 3.23. The summed E-state index contributed by atoms with van der Waals surface area (Å²) in [5, 5.41) is 0. The van der Waals surface area contributed by atoms with Gasteiger partial charge in [0.2, 0.25) is 0 Å². The van der Waals surface area contributed by atoms with E-state index >= 15 is 0 Å². The molecule has 1 aromatic carbocycles. The number of fused-ring (bicyclic) bond motifs is 1. The number of alkyl halides is 1. The number of hydrogen-bond donors (Lipinski definition) is 0. The Morgan fingerprint density at radius 3 is 3.00 bits per heavy atom. The van der Waals surface area contributed by atoms with Crippen molar-refractivity contribution >= 4 is 17.4 Å². The van der Waals surface area contributed by atoms with Gasteiger partial charge in [0, 0.05) is 17.5 Å². The lowest BCUT2D eigenvalue weighted by Crippen LogP contribution is -1.90. The molecule has 1 aromatic rings. The highest BCUT2D eigenvalue weighted by atomic mass is 35.5. The Balaban J connectivity index is 2.37. The Kier molecular flexibility index (Phi) is 2.56. The third-order valence-electron chi connectivity index (χ3n) is 2.33. The number of ketones is 1. The van der Waals surface area contributed by atoms with Gasteiger partial charge in [-0.3, -0.25) is 4.79 Å². The number of carbonyl (C=O) groups is 1. The lowest BCUT2D eigenvalue weighted by atomic mass is 10.1. The first kappa shape index (κ1) is 9.30. The standard InChI is InChI=1S/C12H9ClO/c13-7-1-2-9-3-5-11-10(8-9)4-6-12(11)14/h3,5,8H,4,6-7H2. The molecule has 0 amide bonds. The number of carbonyl (C=O) groups excluding carboxylic acids is 1. The molecule has 0 N–H and O–H groups in total. The number of aryl methyl sites for hydroxylation is 1. The molecule has 0 aliphatic heterocycles. The van der Waals surface area contributed by atoms with E-state index in [4.69, 9.17) is 11.6 Å². The van der Waals surface area contributed by atoms with Crippen LogP contribution in [0.4, 0.5) is 0 Å². The maximum atomic E-state index is 11.3. The van der Waals surface area contributed by atoms with Crippen LogP contribution in [0.15, 0.2) is 18.2 Å². The summed E-state index contributed by atoms with van der Waals surface area (Å²) in [6, 6.07) is 5.73. The Bertz CT molecular complexity index is 437. The number of rotatable bonds is 0. The monoisotopic (exact) mass is 204 g/mol. The molecule has 14 heavy (non-hydrogen) atoms. The molecule has 0 atom stereocenters. The molecular formula is C12H9ClO. The molecule has 0 saturated heterocycles. The van der Waals surface area contributed by atoms with Gasteiger partial charge in [0.1, 0.15) is 0 Å². The van der Waals surface area contributed by atoms with Gasteiger partial charge in [-0.1, -0.05) is 11.8 Å². The number of hydrogen-bond acceptors (Lipinski definition) is 1. The fourth-order valence-corrected chi connectivity index (χ4v) is 1.74. The summed E-state index contributed by atoms with van der Waals surface area (Å²) in [5.41, 5.74) is 2.93. The van der Waals surface area contributed by atoms with E-state index in [1.165, 1.54) is 0 Å². The number of halogens is 1. The zero-order valence-electron chi connectivity index (χ0n) is 7.64. The van der Waals surface area contributed by atoms with E-state index in [1.54, 1.807) is 0 Å². The van der Waals surface area contributed by atoms with Gasteiger partial charge in [-0.05, 0) is 30.2 Å². The van der Waals surface area contributed by atoms with E-state index in [9.17, 15) is 4.79 Å². The quantitative estimate of drug-likeness (QED) is 0.469. The minimum atomic E-state index is 0.247. The normalized spacial score (nSPS) is 13.4. The smallest absolute Gasteiger partial charge is 0.163 e. The number of benzene rings is 1. The predicted octanol–water partition coefficient (Wildman–Crippen LogP) is 2.41. The molecule has 1 aliphatic rings. The second kappa shape index (κ2) is 3.86. The van der Waals surface area contributed by atoms with Crippen molar-refractivity contribution in [3.05, 3.63) is 34.9 Å². The van der Waals surface area contributed by atoms with E-state index in [0.717, 1.165) is 23.1 Å². The van der Waals surface area contributed by atoms with Crippen LogP contribution < -0.4 is 0 Å². The van der Waals surface area contributed by atoms with Crippen LogP contribution in [0, 0.1) is 11.8 Å². The molecule has 0 unspecified atom stereocenters. The summed E-state index contributed by atoms with van der Waals surface area (Å²) in [5.74, 6) is 6.33. The van der Waals surface area contributed by atoms with Gasteiger partial charge in [-0.25, -0.2) is 0 Å². The second-order valence-corrected chi connectivity index (χ2v) is 3.50. The van der Waals surface area contributed by atoms with Crippen molar-refractivity contribution in [1.29, 1.82) is 0 Å². The molecule has 0 fully saturated rings. The topological polar surface area (TPSA) is 17.1 Å². The highest BCUT2D eigenvalue weighted by Crippen LogP contribution is 2.22. The van der Waals surface area contributed by atoms with Crippen LogP contribution in [0.25, 0.3) is 0 Å². The molecule has 1 aliphatic carbocycles.